The molecule has 2 aromatic heterocycles. The summed E-state index contributed by atoms with van der Waals surface area (Å²) in [5.41, 5.74) is 7.84. The molecule has 108 valence electrons. The highest BCUT2D eigenvalue weighted by Gasteiger charge is 2.39. The summed E-state index contributed by atoms with van der Waals surface area (Å²) in [6.45, 7) is 0.724. The number of carbonyl (C=O) groups is 1. The lowest BCUT2D eigenvalue weighted by molar-refractivity contribution is 0.0743. The van der Waals surface area contributed by atoms with Gasteiger partial charge in [-0.2, -0.15) is 0 Å². The molecule has 2 aliphatic heterocycles. The van der Waals surface area contributed by atoms with Crippen LogP contribution in [0.2, 0.25) is 0 Å². The van der Waals surface area contributed by atoms with Gasteiger partial charge in [0.05, 0.1) is 17.4 Å². The number of hydrogen-bond donors (Lipinski definition) is 2. The highest BCUT2D eigenvalue weighted by Crippen LogP contribution is 2.40. The number of rotatable bonds is 1. The van der Waals surface area contributed by atoms with Crippen LogP contribution in [0.15, 0.2) is 22.9 Å². The summed E-state index contributed by atoms with van der Waals surface area (Å²) >= 11 is 1.43. The van der Waals surface area contributed by atoms with E-state index < -0.39 is 0 Å². The molecule has 0 aliphatic carbocycles. The van der Waals surface area contributed by atoms with Gasteiger partial charge < -0.3 is 15.8 Å². The van der Waals surface area contributed by atoms with Gasteiger partial charge in [-0.15, -0.1) is 11.3 Å². The number of amides is 1. The van der Waals surface area contributed by atoms with E-state index in [4.69, 9.17) is 10.9 Å². The van der Waals surface area contributed by atoms with E-state index >= 15 is 0 Å². The number of aromatic nitrogens is 2. The van der Waals surface area contributed by atoms with Gasteiger partial charge in [-0.1, -0.05) is 5.16 Å². The second-order valence-electron chi connectivity index (χ2n) is 5.13. The first kappa shape index (κ1) is 12.4. The summed E-state index contributed by atoms with van der Waals surface area (Å²) < 4.78 is 1.90. The van der Waals surface area contributed by atoms with Crippen LogP contribution in [0.4, 0.5) is 0 Å². The predicted octanol–water partition coefficient (Wildman–Crippen LogP) is 1.32. The molecule has 1 saturated heterocycles. The first-order valence-electron chi connectivity index (χ1n) is 6.66. The van der Waals surface area contributed by atoms with E-state index in [0.717, 1.165) is 30.8 Å². The van der Waals surface area contributed by atoms with Crippen molar-refractivity contribution < 1.29 is 10.0 Å². The van der Waals surface area contributed by atoms with E-state index in [-0.39, 0.29) is 17.8 Å². The summed E-state index contributed by atoms with van der Waals surface area (Å²) in [7, 11) is 0. The molecular formula is C13H13N5O2S. The van der Waals surface area contributed by atoms with E-state index in [2.05, 4.69) is 10.1 Å². The lowest BCUT2D eigenvalue weighted by Gasteiger charge is -2.22. The van der Waals surface area contributed by atoms with Crippen molar-refractivity contribution in [2.75, 3.05) is 6.54 Å². The Kier molecular flexibility index (Phi) is 2.55. The summed E-state index contributed by atoms with van der Waals surface area (Å²) in [4.78, 5) is 19.6. The molecule has 3 N–H and O–H groups in total. The van der Waals surface area contributed by atoms with E-state index in [1.165, 1.54) is 11.3 Å². The number of oxime groups is 1. The molecule has 0 spiro atoms. The molecule has 2 aliphatic rings. The van der Waals surface area contributed by atoms with Crippen molar-refractivity contribution in [2.24, 2.45) is 10.9 Å². The fraction of sp³-hybridized carbons (Fsp3) is 0.308. The molecule has 21 heavy (non-hydrogen) atoms. The monoisotopic (exact) mass is 303 g/mol. The standard InChI is InChI=1S/C13H13N5O2S/c14-12(16-20)9-10-7-2-1-4-17(7)13(19)11-8(3-5-21-11)18(10)6-15-9/h3,5-7,20H,1-2,4H2,(H2,14,16)/t7-/m0/s1. The Morgan fingerprint density at radius 2 is 2.43 bits per heavy atom. The normalized spacial score (nSPS) is 21.0. The number of amidine groups is 1. The SMILES string of the molecule is N/C(=N\O)c1ncn2c1[C@@H]1CCCN1C(=O)c1sccc1-2. The molecule has 1 fully saturated rings. The number of fused-ring (bicyclic) bond motifs is 5. The fourth-order valence-electron chi connectivity index (χ4n) is 3.19. The minimum absolute atomic E-state index is 0.0262. The zero-order chi connectivity index (χ0) is 14.6. The van der Waals surface area contributed by atoms with Gasteiger partial charge in [-0.25, -0.2) is 4.98 Å². The second-order valence-corrected chi connectivity index (χ2v) is 6.04. The maximum Gasteiger partial charge on any atom is 0.266 e. The zero-order valence-corrected chi connectivity index (χ0v) is 11.9. The first-order chi connectivity index (χ1) is 10.2. The van der Waals surface area contributed by atoms with Crippen LogP contribution in [-0.4, -0.2) is 37.9 Å². The van der Waals surface area contributed by atoms with Gasteiger partial charge in [0.15, 0.2) is 5.84 Å². The number of hydrogen-bond acceptors (Lipinski definition) is 5. The maximum atomic E-state index is 12.7. The Balaban J connectivity index is 2.02. The highest BCUT2D eigenvalue weighted by molar-refractivity contribution is 7.12. The Hall–Kier alpha value is -2.35. The highest BCUT2D eigenvalue weighted by atomic mass is 32.1. The van der Waals surface area contributed by atoms with Crippen LogP contribution in [-0.2, 0) is 0 Å². The lowest BCUT2D eigenvalue weighted by Crippen LogP contribution is -2.30. The molecule has 1 atom stereocenters. The predicted molar refractivity (Wildman–Crippen MR) is 77.0 cm³/mol. The minimum atomic E-state index is -0.0742. The number of nitrogens with zero attached hydrogens (tertiary/aromatic N) is 4. The Morgan fingerprint density at radius 1 is 1.57 bits per heavy atom. The molecule has 2 aromatic rings. The van der Waals surface area contributed by atoms with Gasteiger partial charge in [-0.05, 0) is 24.3 Å². The molecule has 1 amide bonds. The minimum Gasteiger partial charge on any atom is -0.409 e. The quantitative estimate of drug-likeness (QED) is 0.359. The first-order valence-corrected chi connectivity index (χ1v) is 7.54. The maximum absolute atomic E-state index is 12.7. The van der Waals surface area contributed by atoms with E-state index in [0.29, 0.717) is 10.6 Å². The van der Waals surface area contributed by atoms with Gasteiger partial charge in [0.1, 0.15) is 16.9 Å². The average Bonchev–Trinajstić information content (AvgIpc) is 3.20. The average molecular weight is 303 g/mol. The van der Waals surface area contributed by atoms with Gasteiger partial charge >= 0.3 is 0 Å². The largest absolute Gasteiger partial charge is 0.409 e. The van der Waals surface area contributed by atoms with Crippen molar-refractivity contribution in [3.63, 3.8) is 0 Å². The van der Waals surface area contributed by atoms with E-state index in [1.54, 1.807) is 6.33 Å². The number of imidazole rings is 1. The molecule has 0 saturated carbocycles. The molecule has 8 heteroatoms. The Bertz CT molecular complexity index is 762. The number of carbonyl (C=O) groups excluding carboxylic acids is 1. The van der Waals surface area contributed by atoms with Crippen LogP contribution < -0.4 is 5.73 Å². The van der Waals surface area contributed by atoms with Crippen LogP contribution in [0, 0.1) is 0 Å². The number of thiophene rings is 1. The molecule has 7 nitrogen and oxygen atoms in total. The van der Waals surface area contributed by atoms with Crippen LogP contribution in [0.25, 0.3) is 5.69 Å². The third-order valence-corrected chi connectivity index (χ3v) is 4.97. The van der Waals surface area contributed by atoms with Crippen molar-refractivity contribution in [2.45, 2.75) is 18.9 Å². The lowest BCUT2D eigenvalue weighted by atomic mass is 10.1. The van der Waals surface area contributed by atoms with Gasteiger partial charge in [-0.3, -0.25) is 9.36 Å². The molecule has 0 bridgehead atoms. The topological polar surface area (TPSA) is 96.7 Å². The van der Waals surface area contributed by atoms with Crippen LogP contribution in [0.3, 0.4) is 0 Å². The van der Waals surface area contributed by atoms with Gasteiger partial charge in [0, 0.05) is 6.54 Å². The summed E-state index contributed by atoms with van der Waals surface area (Å²) in [6, 6.07) is 1.83. The third kappa shape index (κ3) is 1.56. The van der Waals surface area contributed by atoms with E-state index in [1.807, 2.05) is 20.9 Å². The summed E-state index contributed by atoms with van der Waals surface area (Å²) in [5, 5.41) is 13.9. The van der Waals surface area contributed by atoms with Gasteiger partial charge in [0.25, 0.3) is 5.91 Å². The molecule has 0 radical (unpaired) electrons. The third-order valence-electron chi connectivity index (χ3n) is 4.08. The van der Waals surface area contributed by atoms with Crippen LogP contribution in [0.1, 0.15) is 39.9 Å². The van der Waals surface area contributed by atoms with Crippen molar-refractivity contribution in [3.8, 4) is 5.69 Å². The summed E-state index contributed by atoms with van der Waals surface area (Å²) in [6.07, 6.45) is 3.44. The molecule has 4 heterocycles. The van der Waals surface area contributed by atoms with Crippen molar-refractivity contribution in [3.05, 3.63) is 34.0 Å². The fourth-order valence-corrected chi connectivity index (χ4v) is 4.03. The van der Waals surface area contributed by atoms with Crippen molar-refractivity contribution in [1.82, 2.24) is 14.5 Å². The Morgan fingerprint density at radius 3 is 3.24 bits per heavy atom. The van der Waals surface area contributed by atoms with Gasteiger partial charge in [0.2, 0.25) is 0 Å². The Labute approximate surface area is 124 Å². The molecular weight excluding hydrogens is 290 g/mol. The molecule has 4 rings (SSSR count). The molecule has 0 aromatic carbocycles. The second kappa shape index (κ2) is 4.32. The smallest absolute Gasteiger partial charge is 0.266 e. The van der Waals surface area contributed by atoms with Crippen molar-refractivity contribution >= 4 is 23.1 Å². The van der Waals surface area contributed by atoms with Crippen molar-refractivity contribution in [1.29, 1.82) is 0 Å². The zero-order valence-electron chi connectivity index (χ0n) is 11.1. The molecule has 0 unspecified atom stereocenters. The van der Waals surface area contributed by atoms with Crippen LogP contribution in [0.5, 0.6) is 0 Å². The summed E-state index contributed by atoms with van der Waals surface area (Å²) in [5.74, 6) is 0.0263. The number of nitrogens with two attached hydrogens (primary N) is 1. The van der Waals surface area contributed by atoms with E-state index in [9.17, 15) is 4.79 Å². The van der Waals surface area contributed by atoms with Crippen LogP contribution >= 0.6 is 11.3 Å².